The SMILES string of the molecule is Cc1ccccc1-n1c(SCC(=O)NCC2COc3ccccc3O2)nnc1N1CCOCC1. The number of nitrogens with one attached hydrogen (secondary N) is 1. The molecular weight excluding hydrogens is 454 g/mol. The van der Waals surface area contributed by atoms with E-state index in [1.54, 1.807) is 0 Å². The van der Waals surface area contributed by atoms with Crippen LogP contribution < -0.4 is 19.7 Å². The van der Waals surface area contributed by atoms with Gasteiger partial charge in [0.1, 0.15) is 12.7 Å². The van der Waals surface area contributed by atoms with Crippen LogP contribution in [0.1, 0.15) is 5.56 Å². The molecule has 3 heterocycles. The third-order valence-electron chi connectivity index (χ3n) is 5.69. The van der Waals surface area contributed by atoms with Crippen molar-refractivity contribution in [2.75, 3.05) is 50.1 Å². The molecule has 1 aromatic heterocycles. The van der Waals surface area contributed by atoms with Gasteiger partial charge in [-0.05, 0) is 30.7 Å². The van der Waals surface area contributed by atoms with Gasteiger partial charge < -0.3 is 24.4 Å². The van der Waals surface area contributed by atoms with Crippen molar-refractivity contribution in [3.05, 3.63) is 54.1 Å². The average molecular weight is 482 g/mol. The van der Waals surface area contributed by atoms with E-state index in [9.17, 15) is 4.79 Å². The average Bonchev–Trinajstić information content (AvgIpc) is 3.30. The van der Waals surface area contributed by atoms with Gasteiger partial charge in [-0.1, -0.05) is 42.1 Å². The second-order valence-electron chi connectivity index (χ2n) is 8.09. The number of aromatic nitrogens is 3. The molecule has 2 aromatic carbocycles. The van der Waals surface area contributed by atoms with Crippen LogP contribution in [0.5, 0.6) is 11.5 Å². The van der Waals surface area contributed by atoms with Gasteiger partial charge in [-0.15, -0.1) is 10.2 Å². The molecule has 178 valence electrons. The molecule has 2 aliphatic heterocycles. The van der Waals surface area contributed by atoms with Crippen molar-refractivity contribution in [1.82, 2.24) is 20.1 Å². The number of amides is 1. The number of anilines is 1. The lowest BCUT2D eigenvalue weighted by atomic mass is 10.2. The van der Waals surface area contributed by atoms with Gasteiger partial charge in [0.25, 0.3) is 0 Å². The molecule has 0 saturated carbocycles. The fourth-order valence-electron chi connectivity index (χ4n) is 3.92. The fourth-order valence-corrected chi connectivity index (χ4v) is 4.69. The number of carbonyl (C=O) groups excluding carboxylic acids is 1. The maximum atomic E-state index is 12.6. The minimum absolute atomic E-state index is 0.0975. The van der Waals surface area contributed by atoms with Crippen molar-refractivity contribution in [2.24, 2.45) is 0 Å². The Morgan fingerprint density at radius 3 is 2.68 bits per heavy atom. The minimum atomic E-state index is -0.229. The highest BCUT2D eigenvalue weighted by Crippen LogP contribution is 2.31. The van der Waals surface area contributed by atoms with E-state index in [4.69, 9.17) is 14.2 Å². The number of para-hydroxylation sites is 3. The van der Waals surface area contributed by atoms with E-state index in [2.05, 4.69) is 33.4 Å². The van der Waals surface area contributed by atoms with E-state index in [1.807, 2.05) is 47.0 Å². The first-order valence-electron chi connectivity index (χ1n) is 11.3. The molecule has 1 amide bonds. The molecule has 3 aromatic rings. The normalized spacial score (nSPS) is 17.4. The van der Waals surface area contributed by atoms with Gasteiger partial charge in [0.2, 0.25) is 11.9 Å². The molecular formula is C24H27N5O4S. The zero-order valence-electron chi connectivity index (χ0n) is 19.0. The lowest BCUT2D eigenvalue weighted by Gasteiger charge is -2.28. The number of fused-ring (bicyclic) bond motifs is 1. The lowest BCUT2D eigenvalue weighted by molar-refractivity contribution is -0.119. The van der Waals surface area contributed by atoms with Gasteiger partial charge in [0, 0.05) is 13.1 Å². The molecule has 5 rings (SSSR count). The molecule has 2 aliphatic rings. The zero-order chi connectivity index (χ0) is 23.3. The van der Waals surface area contributed by atoms with Gasteiger partial charge in [-0.3, -0.25) is 9.36 Å². The lowest BCUT2D eigenvalue weighted by Crippen LogP contribution is -2.41. The summed E-state index contributed by atoms with van der Waals surface area (Å²) in [5.74, 6) is 2.32. The Bertz CT molecular complexity index is 1150. The molecule has 10 heteroatoms. The number of benzene rings is 2. The molecule has 0 radical (unpaired) electrons. The van der Waals surface area contributed by atoms with E-state index in [1.165, 1.54) is 11.8 Å². The zero-order valence-corrected chi connectivity index (χ0v) is 19.8. The Hall–Kier alpha value is -3.24. The van der Waals surface area contributed by atoms with Gasteiger partial charge in [0.05, 0.1) is 31.2 Å². The monoisotopic (exact) mass is 481 g/mol. The quantitative estimate of drug-likeness (QED) is 0.515. The minimum Gasteiger partial charge on any atom is -0.486 e. The number of morpholine rings is 1. The van der Waals surface area contributed by atoms with Crippen LogP contribution in [0, 0.1) is 6.92 Å². The summed E-state index contributed by atoms with van der Waals surface area (Å²) in [5, 5.41) is 12.5. The Morgan fingerprint density at radius 1 is 1.09 bits per heavy atom. The van der Waals surface area contributed by atoms with Crippen molar-refractivity contribution in [1.29, 1.82) is 0 Å². The third-order valence-corrected chi connectivity index (χ3v) is 6.62. The van der Waals surface area contributed by atoms with E-state index < -0.39 is 0 Å². The number of thioether (sulfide) groups is 1. The molecule has 0 spiro atoms. The van der Waals surface area contributed by atoms with E-state index in [0.717, 1.165) is 36.0 Å². The Balaban J connectivity index is 1.24. The molecule has 34 heavy (non-hydrogen) atoms. The van der Waals surface area contributed by atoms with E-state index in [-0.39, 0.29) is 17.8 Å². The topological polar surface area (TPSA) is 90.7 Å². The molecule has 1 unspecified atom stereocenters. The van der Waals surface area contributed by atoms with Gasteiger partial charge in [0.15, 0.2) is 16.7 Å². The summed E-state index contributed by atoms with van der Waals surface area (Å²) in [7, 11) is 0. The number of nitrogens with zero attached hydrogens (tertiary/aromatic N) is 4. The second-order valence-corrected chi connectivity index (χ2v) is 9.04. The van der Waals surface area contributed by atoms with Gasteiger partial charge in [-0.2, -0.15) is 0 Å². The highest BCUT2D eigenvalue weighted by atomic mass is 32.2. The molecule has 1 saturated heterocycles. The Labute approximate surface area is 202 Å². The molecule has 9 nitrogen and oxygen atoms in total. The Kier molecular flexibility index (Phi) is 6.87. The first-order chi connectivity index (χ1) is 16.7. The highest BCUT2D eigenvalue weighted by molar-refractivity contribution is 7.99. The molecule has 1 atom stereocenters. The molecule has 0 bridgehead atoms. The molecule has 0 aliphatic carbocycles. The first-order valence-corrected chi connectivity index (χ1v) is 12.3. The van der Waals surface area contributed by atoms with Crippen LogP contribution in [0.4, 0.5) is 5.95 Å². The maximum absolute atomic E-state index is 12.6. The predicted octanol–water partition coefficient (Wildman–Crippen LogP) is 2.46. The summed E-state index contributed by atoms with van der Waals surface area (Å²) in [4.78, 5) is 14.8. The van der Waals surface area contributed by atoms with Crippen molar-refractivity contribution in [2.45, 2.75) is 18.2 Å². The summed E-state index contributed by atoms with van der Waals surface area (Å²) in [6.07, 6.45) is -0.229. The molecule has 1 fully saturated rings. The number of carbonyl (C=O) groups is 1. The van der Waals surface area contributed by atoms with E-state index >= 15 is 0 Å². The van der Waals surface area contributed by atoms with Crippen LogP contribution in [-0.2, 0) is 9.53 Å². The largest absolute Gasteiger partial charge is 0.486 e. The smallest absolute Gasteiger partial charge is 0.232 e. The Morgan fingerprint density at radius 2 is 1.85 bits per heavy atom. The number of hydrogen-bond donors (Lipinski definition) is 1. The standard InChI is InChI=1S/C24H27N5O4S/c1-17-6-2-3-7-19(17)29-23(28-10-12-31-13-11-28)26-27-24(29)34-16-22(30)25-14-18-15-32-20-8-4-5-9-21(20)33-18/h2-9,18H,10-16H2,1H3,(H,25,30). The van der Waals surface area contributed by atoms with E-state index in [0.29, 0.717) is 37.3 Å². The summed E-state index contributed by atoms with van der Waals surface area (Å²) < 4.78 is 19.2. The summed E-state index contributed by atoms with van der Waals surface area (Å²) in [6.45, 7) is 5.64. The van der Waals surface area contributed by atoms with Crippen molar-refractivity contribution in [3.63, 3.8) is 0 Å². The van der Waals surface area contributed by atoms with Crippen molar-refractivity contribution >= 4 is 23.6 Å². The maximum Gasteiger partial charge on any atom is 0.232 e. The third kappa shape index (κ3) is 4.97. The van der Waals surface area contributed by atoms with Crippen LogP contribution in [-0.4, -0.2) is 72.0 Å². The van der Waals surface area contributed by atoms with Gasteiger partial charge in [-0.25, -0.2) is 0 Å². The van der Waals surface area contributed by atoms with Crippen LogP contribution in [0.25, 0.3) is 5.69 Å². The summed E-state index contributed by atoms with van der Waals surface area (Å²) >= 11 is 1.37. The van der Waals surface area contributed by atoms with Crippen LogP contribution >= 0.6 is 11.8 Å². The van der Waals surface area contributed by atoms with Crippen molar-refractivity contribution in [3.8, 4) is 17.2 Å². The number of ether oxygens (including phenoxy) is 3. The summed E-state index contributed by atoms with van der Waals surface area (Å²) in [6, 6.07) is 15.6. The number of hydrogen-bond acceptors (Lipinski definition) is 8. The second kappa shape index (κ2) is 10.4. The van der Waals surface area contributed by atoms with Crippen LogP contribution in [0.15, 0.2) is 53.7 Å². The van der Waals surface area contributed by atoms with Crippen molar-refractivity contribution < 1.29 is 19.0 Å². The number of rotatable bonds is 7. The summed E-state index contributed by atoms with van der Waals surface area (Å²) in [5.41, 5.74) is 2.11. The number of aryl methyl sites for hydroxylation is 1. The highest BCUT2D eigenvalue weighted by Gasteiger charge is 2.24. The predicted molar refractivity (Wildman–Crippen MR) is 129 cm³/mol. The van der Waals surface area contributed by atoms with Gasteiger partial charge >= 0.3 is 0 Å². The fraction of sp³-hybridized carbons (Fsp3) is 0.375. The van der Waals surface area contributed by atoms with Crippen LogP contribution in [0.2, 0.25) is 0 Å². The molecule has 1 N–H and O–H groups in total. The van der Waals surface area contributed by atoms with Crippen LogP contribution in [0.3, 0.4) is 0 Å². The first kappa shape index (κ1) is 22.5.